The second-order valence-corrected chi connectivity index (χ2v) is 5.82. The Kier molecular flexibility index (Phi) is 4.69. The van der Waals surface area contributed by atoms with Crippen molar-refractivity contribution in [1.82, 2.24) is 9.97 Å². The average molecular weight is 295 g/mol. The van der Waals surface area contributed by atoms with Crippen molar-refractivity contribution in [3.05, 3.63) is 66.0 Å². The maximum absolute atomic E-state index is 4.47. The van der Waals surface area contributed by atoms with Crippen molar-refractivity contribution in [3.8, 4) is 0 Å². The third-order valence-corrected chi connectivity index (χ3v) is 4.11. The molecule has 0 unspecified atom stereocenters. The molecular weight excluding hydrogens is 278 g/mol. The first kappa shape index (κ1) is 13.9. The van der Waals surface area contributed by atoms with Gasteiger partial charge in [-0.2, -0.15) is 11.8 Å². The van der Waals surface area contributed by atoms with Gasteiger partial charge in [-0.1, -0.05) is 42.5 Å². The van der Waals surface area contributed by atoms with E-state index in [4.69, 9.17) is 0 Å². The lowest BCUT2D eigenvalue weighted by Crippen LogP contribution is -1.90. The van der Waals surface area contributed by atoms with Gasteiger partial charge < -0.3 is 4.98 Å². The van der Waals surface area contributed by atoms with E-state index in [2.05, 4.69) is 39.2 Å². The van der Waals surface area contributed by atoms with E-state index in [0.29, 0.717) is 0 Å². The normalized spacial score (nSPS) is 11.4. The van der Waals surface area contributed by atoms with Crippen LogP contribution in [0.25, 0.3) is 11.0 Å². The number of fused-ring (bicyclic) bond motifs is 1. The van der Waals surface area contributed by atoms with Crippen LogP contribution in [0.15, 0.2) is 59.6 Å². The molecule has 0 aliphatic rings. The third kappa shape index (κ3) is 3.95. The molecule has 0 bridgehead atoms. The summed E-state index contributed by atoms with van der Waals surface area (Å²) in [6.45, 7) is 0.814. The van der Waals surface area contributed by atoms with Crippen molar-refractivity contribution in [2.75, 3.05) is 12.3 Å². The molecule has 0 aliphatic carbocycles. The SMILES string of the molecule is C(=NCCSCc1ccccc1)c1nc2ccccc2[nH]1. The Morgan fingerprint density at radius 2 is 1.86 bits per heavy atom. The number of benzene rings is 2. The number of hydrogen-bond donors (Lipinski definition) is 1. The molecule has 0 saturated heterocycles. The van der Waals surface area contributed by atoms with Crippen molar-refractivity contribution in [2.24, 2.45) is 4.99 Å². The maximum atomic E-state index is 4.47. The summed E-state index contributed by atoms with van der Waals surface area (Å²) in [5.74, 6) is 2.89. The van der Waals surface area contributed by atoms with Gasteiger partial charge in [-0.3, -0.25) is 4.99 Å². The second-order valence-electron chi connectivity index (χ2n) is 4.71. The summed E-state index contributed by atoms with van der Waals surface area (Å²) in [5.41, 5.74) is 3.40. The van der Waals surface area contributed by atoms with Crippen LogP contribution in [-0.2, 0) is 5.75 Å². The smallest absolute Gasteiger partial charge is 0.149 e. The molecule has 3 nitrogen and oxygen atoms in total. The highest BCUT2D eigenvalue weighted by Crippen LogP contribution is 2.11. The van der Waals surface area contributed by atoms with E-state index in [-0.39, 0.29) is 0 Å². The van der Waals surface area contributed by atoms with Crippen molar-refractivity contribution >= 4 is 29.0 Å². The summed E-state index contributed by atoms with van der Waals surface area (Å²) >= 11 is 1.90. The molecule has 3 rings (SSSR count). The molecule has 0 saturated carbocycles. The van der Waals surface area contributed by atoms with Gasteiger partial charge in [0.2, 0.25) is 0 Å². The minimum atomic E-state index is 0.814. The van der Waals surface area contributed by atoms with E-state index < -0.39 is 0 Å². The number of hydrogen-bond acceptors (Lipinski definition) is 3. The highest BCUT2D eigenvalue weighted by molar-refractivity contribution is 7.98. The fourth-order valence-corrected chi connectivity index (χ4v) is 2.87. The number of rotatable bonds is 6. The zero-order valence-corrected chi connectivity index (χ0v) is 12.5. The van der Waals surface area contributed by atoms with Crippen LogP contribution in [0.2, 0.25) is 0 Å². The number of para-hydroxylation sites is 2. The Bertz CT molecular complexity index is 686. The van der Waals surface area contributed by atoms with Gasteiger partial charge in [-0.25, -0.2) is 4.98 Å². The first-order valence-electron chi connectivity index (χ1n) is 6.98. The van der Waals surface area contributed by atoms with Crippen molar-refractivity contribution in [2.45, 2.75) is 5.75 Å². The summed E-state index contributed by atoms with van der Waals surface area (Å²) in [6.07, 6.45) is 1.82. The minimum absolute atomic E-state index is 0.814. The molecule has 3 aromatic rings. The van der Waals surface area contributed by atoms with E-state index in [1.165, 1.54) is 5.56 Å². The van der Waals surface area contributed by atoms with Crippen LogP contribution in [0.5, 0.6) is 0 Å². The van der Waals surface area contributed by atoms with Crippen LogP contribution in [0.3, 0.4) is 0 Å². The summed E-state index contributed by atoms with van der Waals surface area (Å²) in [7, 11) is 0. The van der Waals surface area contributed by atoms with E-state index in [1.807, 2.05) is 48.3 Å². The van der Waals surface area contributed by atoms with Crippen molar-refractivity contribution in [3.63, 3.8) is 0 Å². The van der Waals surface area contributed by atoms with E-state index >= 15 is 0 Å². The van der Waals surface area contributed by atoms with Gasteiger partial charge in [-0.05, 0) is 17.7 Å². The Labute approximate surface area is 128 Å². The van der Waals surface area contributed by atoms with E-state index in [9.17, 15) is 0 Å². The molecule has 1 aromatic heterocycles. The van der Waals surface area contributed by atoms with Gasteiger partial charge in [0, 0.05) is 18.1 Å². The number of nitrogens with one attached hydrogen (secondary N) is 1. The number of H-pyrrole nitrogens is 1. The summed E-state index contributed by atoms with van der Waals surface area (Å²) < 4.78 is 0. The largest absolute Gasteiger partial charge is 0.337 e. The quantitative estimate of drug-likeness (QED) is 0.553. The first-order chi connectivity index (χ1) is 10.4. The molecule has 0 radical (unpaired) electrons. The molecule has 106 valence electrons. The molecule has 2 aromatic carbocycles. The van der Waals surface area contributed by atoms with Crippen LogP contribution < -0.4 is 0 Å². The molecule has 0 fully saturated rings. The second kappa shape index (κ2) is 7.09. The molecule has 0 aliphatic heterocycles. The van der Waals surface area contributed by atoms with Gasteiger partial charge in [0.25, 0.3) is 0 Å². The van der Waals surface area contributed by atoms with Gasteiger partial charge in [0.15, 0.2) is 0 Å². The predicted octanol–water partition coefficient (Wildman–Crippen LogP) is 3.92. The summed E-state index contributed by atoms with van der Waals surface area (Å²) in [6, 6.07) is 18.5. The lowest BCUT2D eigenvalue weighted by molar-refractivity contribution is 1.14. The predicted molar refractivity (Wildman–Crippen MR) is 91.2 cm³/mol. The zero-order chi connectivity index (χ0) is 14.3. The fraction of sp³-hybridized carbons (Fsp3) is 0.176. The molecule has 0 atom stereocenters. The van der Waals surface area contributed by atoms with Crippen molar-refractivity contribution in [1.29, 1.82) is 0 Å². The van der Waals surface area contributed by atoms with Crippen molar-refractivity contribution < 1.29 is 0 Å². The molecule has 0 amide bonds. The molecule has 4 heteroatoms. The Morgan fingerprint density at radius 1 is 1.05 bits per heavy atom. The average Bonchev–Trinajstić information content (AvgIpc) is 2.94. The Balaban J connectivity index is 1.44. The molecular formula is C17H17N3S. The Hall–Kier alpha value is -2.07. The number of nitrogens with zero attached hydrogens (tertiary/aromatic N) is 2. The van der Waals surface area contributed by atoms with E-state index in [0.717, 1.165) is 34.9 Å². The van der Waals surface area contributed by atoms with Gasteiger partial charge in [0.05, 0.1) is 17.2 Å². The van der Waals surface area contributed by atoms with Crippen LogP contribution >= 0.6 is 11.8 Å². The van der Waals surface area contributed by atoms with E-state index in [1.54, 1.807) is 0 Å². The molecule has 0 spiro atoms. The standard InChI is InChI=1S/C17H17N3S/c1-2-6-14(7-3-1)13-21-11-10-18-12-17-19-15-8-4-5-9-16(15)20-17/h1-9,12H,10-11,13H2,(H,19,20). The van der Waals surface area contributed by atoms with Crippen LogP contribution in [0.1, 0.15) is 11.4 Å². The number of aliphatic imine (C=N–C) groups is 1. The topological polar surface area (TPSA) is 41.0 Å². The van der Waals surface area contributed by atoms with Crippen LogP contribution in [0, 0.1) is 0 Å². The summed E-state index contributed by atoms with van der Waals surface area (Å²) in [5, 5.41) is 0. The van der Waals surface area contributed by atoms with Gasteiger partial charge in [-0.15, -0.1) is 0 Å². The lowest BCUT2D eigenvalue weighted by Gasteiger charge is -1.99. The number of imidazole rings is 1. The van der Waals surface area contributed by atoms with Crippen LogP contribution in [-0.4, -0.2) is 28.5 Å². The molecule has 1 heterocycles. The van der Waals surface area contributed by atoms with Crippen LogP contribution in [0.4, 0.5) is 0 Å². The minimum Gasteiger partial charge on any atom is -0.337 e. The molecule has 21 heavy (non-hydrogen) atoms. The maximum Gasteiger partial charge on any atom is 0.149 e. The number of aromatic amines is 1. The van der Waals surface area contributed by atoms with Gasteiger partial charge >= 0.3 is 0 Å². The fourth-order valence-electron chi connectivity index (χ4n) is 2.07. The first-order valence-corrected chi connectivity index (χ1v) is 8.13. The highest BCUT2D eigenvalue weighted by atomic mass is 32.2. The van der Waals surface area contributed by atoms with Gasteiger partial charge in [0.1, 0.15) is 5.82 Å². The monoisotopic (exact) mass is 295 g/mol. The number of aromatic nitrogens is 2. The number of thioether (sulfide) groups is 1. The zero-order valence-electron chi connectivity index (χ0n) is 11.7. The Morgan fingerprint density at radius 3 is 2.71 bits per heavy atom. The highest BCUT2D eigenvalue weighted by Gasteiger charge is 1.98. The third-order valence-electron chi connectivity index (χ3n) is 3.10. The summed E-state index contributed by atoms with van der Waals surface area (Å²) in [4.78, 5) is 12.1. The molecule has 1 N–H and O–H groups in total. The lowest BCUT2D eigenvalue weighted by atomic mass is 10.2.